The normalized spacial score (nSPS) is 15.9. The molecule has 1 aliphatic carbocycles. The number of carboxylic acid groups (broad SMARTS) is 1. The molecule has 0 radical (unpaired) electrons. The van der Waals surface area contributed by atoms with Gasteiger partial charge in [-0.3, -0.25) is 4.79 Å². The molecule has 3 rings (SSSR count). The first-order valence-corrected chi connectivity index (χ1v) is 8.65. The zero-order valence-corrected chi connectivity index (χ0v) is 14.6. The van der Waals surface area contributed by atoms with Crippen LogP contribution in [0.3, 0.4) is 0 Å². The molecule has 0 saturated carbocycles. The van der Waals surface area contributed by atoms with Crippen LogP contribution >= 0.6 is 11.6 Å². The number of benzene rings is 1. The molecule has 1 aliphatic rings. The van der Waals surface area contributed by atoms with Crippen LogP contribution < -0.4 is 5.32 Å². The third-order valence-electron chi connectivity index (χ3n) is 4.72. The van der Waals surface area contributed by atoms with Crippen molar-refractivity contribution in [2.45, 2.75) is 44.6 Å². The summed E-state index contributed by atoms with van der Waals surface area (Å²) in [4.78, 5) is 24.8. The summed E-state index contributed by atoms with van der Waals surface area (Å²) in [5, 5.41) is 16.9. The van der Waals surface area contributed by atoms with Crippen LogP contribution in [0.5, 0.6) is 0 Å². The zero-order valence-electron chi connectivity index (χ0n) is 13.8. The predicted octanol–water partition coefficient (Wildman–Crippen LogP) is 3.33. The number of nitrogens with one attached hydrogen (secondary N) is 1. The Morgan fingerprint density at radius 3 is 2.60 bits per heavy atom. The van der Waals surface area contributed by atoms with Gasteiger partial charge in [0.05, 0.1) is 0 Å². The number of carbonyl (C=O) groups is 2. The highest BCUT2D eigenvalue weighted by molar-refractivity contribution is 6.30. The molecular weight excluding hydrogens is 344 g/mol. The van der Waals surface area contributed by atoms with Gasteiger partial charge in [-0.1, -0.05) is 35.8 Å². The van der Waals surface area contributed by atoms with Gasteiger partial charge < -0.3 is 14.9 Å². The second-order valence-electron chi connectivity index (χ2n) is 6.17. The molecule has 1 unspecified atom stereocenters. The minimum Gasteiger partial charge on any atom is -0.479 e. The van der Waals surface area contributed by atoms with Gasteiger partial charge in [0.15, 0.2) is 11.2 Å². The molecule has 1 aromatic heterocycles. The van der Waals surface area contributed by atoms with Gasteiger partial charge in [-0.2, -0.15) is 0 Å². The summed E-state index contributed by atoms with van der Waals surface area (Å²) in [7, 11) is 0. The smallest absolute Gasteiger partial charge is 0.334 e. The second-order valence-corrected chi connectivity index (χ2v) is 6.60. The third-order valence-corrected chi connectivity index (χ3v) is 4.98. The van der Waals surface area contributed by atoms with Gasteiger partial charge in [-0.05, 0) is 43.4 Å². The fourth-order valence-corrected chi connectivity index (χ4v) is 3.37. The number of carboxylic acids is 1. The average Bonchev–Trinajstić information content (AvgIpc) is 3.04. The van der Waals surface area contributed by atoms with Gasteiger partial charge in [-0.15, -0.1) is 0 Å². The van der Waals surface area contributed by atoms with E-state index < -0.39 is 17.4 Å². The van der Waals surface area contributed by atoms with E-state index in [1.165, 1.54) is 0 Å². The SMILES string of the molecule is CCC(NC(=O)c1noc2c1CCCC2)(C(=O)O)c1ccc(Cl)cc1. The number of amides is 1. The summed E-state index contributed by atoms with van der Waals surface area (Å²) in [5.74, 6) is -0.950. The van der Waals surface area contributed by atoms with Crippen molar-refractivity contribution in [3.63, 3.8) is 0 Å². The Hall–Kier alpha value is -2.34. The second kappa shape index (κ2) is 6.88. The Kier molecular flexibility index (Phi) is 4.81. The Morgan fingerprint density at radius 1 is 1.28 bits per heavy atom. The van der Waals surface area contributed by atoms with Gasteiger partial charge in [0, 0.05) is 17.0 Å². The van der Waals surface area contributed by atoms with Gasteiger partial charge >= 0.3 is 5.97 Å². The molecular formula is C18H19ClN2O4. The minimum atomic E-state index is -1.55. The molecule has 0 bridgehead atoms. The molecule has 1 heterocycles. The maximum atomic E-state index is 12.8. The highest BCUT2D eigenvalue weighted by atomic mass is 35.5. The van der Waals surface area contributed by atoms with E-state index in [-0.39, 0.29) is 12.1 Å². The largest absolute Gasteiger partial charge is 0.479 e. The lowest BCUT2D eigenvalue weighted by atomic mass is 9.86. The lowest BCUT2D eigenvalue weighted by Gasteiger charge is -2.29. The highest BCUT2D eigenvalue weighted by Crippen LogP contribution is 2.29. The molecule has 0 saturated heterocycles. The first-order chi connectivity index (χ1) is 12.0. The molecule has 2 N–H and O–H groups in total. The maximum Gasteiger partial charge on any atom is 0.334 e. The quantitative estimate of drug-likeness (QED) is 0.851. The number of hydrogen-bond acceptors (Lipinski definition) is 4. The van der Waals surface area contributed by atoms with E-state index >= 15 is 0 Å². The van der Waals surface area contributed by atoms with E-state index in [0.29, 0.717) is 17.0 Å². The zero-order chi connectivity index (χ0) is 18.0. The number of rotatable bonds is 5. The molecule has 1 aromatic carbocycles. The van der Waals surface area contributed by atoms with Crippen molar-refractivity contribution in [2.24, 2.45) is 0 Å². The van der Waals surface area contributed by atoms with Crippen LogP contribution in [0.25, 0.3) is 0 Å². The molecule has 25 heavy (non-hydrogen) atoms. The highest BCUT2D eigenvalue weighted by Gasteiger charge is 2.41. The topological polar surface area (TPSA) is 92.4 Å². The molecule has 0 spiro atoms. The average molecular weight is 363 g/mol. The van der Waals surface area contributed by atoms with Crippen LogP contribution in [-0.4, -0.2) is 22.1 Å². The monoisotopic (exact) mass is 362 g/mol. The molecule has 2 aromatic rings. The van der Waals surface area contributed by atoms with Gasteiger partial charge in [0.25, 0.3) is 5.91 Å². The molecule has 132 valence electrons. The van der Waals surface area contributed by atoms with Gasteiger partial charge in [0.1, 0.15) is 5.76 Å². The van der Waals surface area contributed by atoms with Crippen LogP contribution in [0.4, 0.5) is 0 Å². The Bertz CT molecular complexity index is 800. The summed E-state index contributed by atoms with van der Waals surface area (Å²) in [6.45, 7) is 1.71. The Labute approximate surface area is 150 Å². The number of hydrogen-bond donors (Lipinski definition) is 2. The first-order valence-electron chi connectivity index (χ1n) is 8.27. The summed E-state index contributed by atoms with van der Waals surface area (Å²) >= 11 is 5.89. The number of carbonyl (C=O) groups excluding carboxylic acids is 1. The standard InChI is InChI=1S/C18H19ClN2O4/c1-2-18(17(23)24,11-7-9-12(19)10-8-11)20-16(22)15-13-5-3-4-6-14(13)25-21-15/h7-10H,2-6H2,1H3,(H,20,22)(H,23,24). The fourth-order valence-electron chi connectivity index (χ4n) is 3.24. The summed E-state index contributed by atoms with van der Waals surface area (Å²) in [5.41, 5.74) is -0.127. The molecule has 1 atom stereocenters. The number of aliphatic carboxylic acids is 1. The van der Waals surface area contributed by atoms with E-state index in [0.717, 1.165) is 30.6 Å². The summed E-state index contributed by atoms with van der Waals surface area (Å²) < 4.78 is 5.26. The summed E-state index contributed by atoms with van der Waals surface area (Å²) in [6, 6.07) is 6.43. The molecule has 0 aliphatic heterocycles. The van der Waals surface area contributed by atoms with E-state index in [2.05, 4.69) is 10.5 Å². The number of aromatic nitrogens is 1. The molecule has 0 fully saturated rings. The van der Waals surface area contributed by atoms with E-state index in [1.807, 2.05) is 0 Å². The van der Waals surface area contributed by atoms with E-state index in [9.17, 15) is 14.7 Å². The van der Waals surface area contributed by atoms with Crippen LogP contribution in [0, 0.1) is 0 Å². The van der Waals surface area contributed by atoms with E-state index in [1.54, 1.807) is 31.2 Å². The van der Waals surface area contributed by atoms with Crippen LogP contribution in [0.2, 0.25) is 5.02 Å². The number of halogens is 1. The van der Waals surface area contributed by atoms with Crippen molar-refractivity contribution >= 4 is 23.5 Å². The fraction of sp³-hybridized carbons (Fsp3) is 0.389. The van der Waals surface area contributed by atoms with Crippen LogP contribution in [0.1, 0.15) is 53.6 Å². The van der Waals surface area contributed by atoms with Gasteiger partial charge in [0.2, 0.25) is 0 Å². The van der Waals surface area contributed by atoms with Crippen molar-refractivity contribution < 1.29 is 19.2 Å². The third kappa shape index (κ3) is 3.14. The van der Waals surface area contributed by atoms with Crippen LogP contribution in [0.15, 0.2) is 28.8 Å². The molecule has 7 heteroatoms. The number of nitrogens with zero attached hydrogens (tertiary/aromatic N) is 1. The summed E-state index contributed by atoms with van der Waals surface area (Å²) in [6.07, 6.45) is 3.61. The van der Waals surface area contributed by atoms with Gasteiger partial charge in [-0.25, -0.2) is 4.79 Å². The first kappa shape index (κ1) is 17.5. The number of aryl methyl sites for hydroxylation is 1. The van der Waals surface area contributed by atoms with Crippen molar-refractivity contribution in [1.29, 1.82) is 0 Å². The maximum absolute atomic E-state index is 12.8. The lowest BCUT2D eigenvalue weighted by molar-refractivity contribution is -0.145. The van der Waals surface area contributed by atoms with Crippen molar-refractivity contribution in [3.8, 4) is 0 Å². The number of fused-ring (bicyclic) bond motifs is 1. The predicted molar refractivity (Wildman–Crippen MR) is 91.7 cm³/mol. The van der Waals surface area contributed by atoms with Crippen molar-refractivity contribution in [2.75, 3.05) is 0 Å². The van der Waals surface area contributed by atoms with Crippen LogP contribution in [-0.2, 0) is 23.2 Å². The minimum absolute atomic E-state index is 0.176. The van der Waals surface area contributed by atoms with E-state index in [4.69, 9.17) is 16.1 Å². The molecule has 6 nitrogen and oxygen atoms in total. The van der Waals surface area contributed by atoms with Crippen molar-refractivity contribution in [3.05, 3.63) is 51.9 Å². The Balaban J connectivity index is 1.95. The van der Waals surface area contributed by atoms with Crippen molar-refractivity contribution in [1.82, 2.24) is 10.5 Å². The Morgan fingerprint density at radius 2 is 1.96 bits per heavy atom. The molecule has 1 amide bonds. The lowest BCUT2D eigenvalue weighted by Crippen LogP contribution is -2.51.